The van der Waals surface area contributed by atoms with Gasteiger partial charge in [0.2, 0.25) is 5.91 Å². The van der Waals surface area contributed by atoms with E-state index in [1.54, 1.807) is 4.90 Å². The van der Waals surface area contributed by atoms with E-state index < -0.39 is 5.60 Å². The van der Waals surface area contributed by atoms with Crippen LogP contribution >= 0.6 is 0 Å². The molecule has 6 heteroatoms. The lowest BCUT2D eigenvalue weighted by atomic mass is 9.93. The van der Waals surface area contributed by atoms with Crippen molar-refractivity contribution in [3.63, 3.8) is 0 Å². The molecule has 0 radical (unpaired) electrons. The summed E-state index contributed by atoms with van der Waals surface area (Å²) in [6.45, 7) is 12.4. The average Bonchev–Trinajstić information content (AvgIpc) is 2.69. The van der Waals surface area contributed by atoms with Crippen LogP contribution in [0.15, 0.2) is 30.3 Å². The summed E-state index contributed by atoms with van der Waals surface area (Å²) in [6, 6.07) is 10.0. The van der Waals surface area contributed by atoms with Crippen LogP contribution in [0.2, 0.25) is 0 Å². The van der Waals surface area contributed by atoms with Gasteiger partial charge in [0.25, 0.3) is 0 Å². The Morgan fingerprint density at radius 3 is 2.34 bits per heavy atom. The molecule has 1 aromatic carbocycles. The Bertz CT molecular complexity index is 635. The summed E-state index contributed by atoms with van der Waals surface area (Å²) >= 11 is 0. The van der Waals surface area contributed by atoms with E-state index in [0.717, 1.165) is 44.5 Å². The fraction of sp³-hybridized carbons (Fsp3) is 0.652. The van der Waals surface area contributed by atoms with Crippen molar-refractivity contribution in [2.24, 2.45) is 0 Å². The first-order chi connectivity index (χ1) is 13.8. The number of hydrogen-bond donors (Lipinski definition) is 1. The quantitative estimate of drug-likeness (QED) is 0.674. The number of carbonyl (C=O) groups is 2. The number of nitrogens with zero attached hydrogens (tertiary/aromatic N) is 2. The second-order valence-electron chi connectivity index (χ2n) is 8.71. The Morgan fingerprint density at radius 1 is 1.10 bits per heavy atom. The van der Waals surface area contributed by atoms with Crippen LogP contribution in [0, 0.1) is 0 Å². The molecule has 1 N–H and O–H groups in total. The maximum Gasteiger partial charge on any atom is 0.410 e. The van der Waals surface area contributed by atoms with Crippen molar-refractivity contribution in [2.75, 3.05) is 39.3 Å². The van der Waals surface area contributed by atoms with E-state index in [0.29, 0.717) is 19.6 Å². The number of hydrogen-bond acceptors (Lipinski definition) is 4. The number of benzene rings is 1. The van der Waals surface area contributed by atoms with Gasteiger partial charge >= 0.3 is 6.09 Å². The van der Waals surface area contributed by atoms with Gasteiger partial charge < -0.3 is 15.0 Å². The van der Waals surface area contributed by atoms with E-state index in [9.17, 15) is 9.59 Å². The first kappa shape index (κ1) is 23.2. The zero-order valence-corrected chi connectivity index (χ0v) is 18.4. The Morgan fingerprint density at radius 2 is 1.76 bits per heavy atom. The van der Waals surface area contributed by atoms with Crippen LogP contribution in [0.4, 0.5) is 4.79 Å². The highest BCUT2D eigenvalue weighted by molar-refractivity contribution is 5.83. The van der Waals surface area contributed by atoms with Crippen molar-refractivity contribution in [1.82, 2.24) is 15.1 Å². The fourth-order valence-corrected chi connectivity index (χ4v) is 3.54. The molecule has 6 nitrogen and oxygen atoms in total. The molecule has 2 rings (SSSR count). The lowest BCUT2D eigenvalue weighted by molar-refractivity contribution is -0.122. The monoisotopic (exact) mass is 403 g/mol. The van der Waals surface area contributed by atoms with Crippen LogP contribution in [0.5, 0.6) is 0 Å². The summed E-state index contributed by atoms with van der Waals surface area (Å²) in [5.74, 6) is 0.0476. The molecule has 1 unspecified atom stereocenters. The summed E-state index contributed by atoms with van der Waals surface area (Å²) < 4.78 is 5.44. The molecule has 1 saturated heterocycles. The maximum absolute atomic E-state index is 12.6. The predicted molar refractivity (Wildman–Crippen MR) is 116 cm³/mol. The minimum Gasteiger partial charge on any atom is -0.444 e. The van der Waals surface area contributed by atoms with Gasteiger partial charge in [-0.15, -0.1) is 0 Å². The van der Waals surface area contributed by atoms with Crippen molar-refractivity contribution >= 4 is 12.0 Å². The van der Waals surface area contributed by atoms with Gasteiger partial charge in [-0.1, -0.05) is 43.7 Å². The van der Waals surface area contributed by atoms with E-state index in [4.69, 9.17) is 4.74 Å². The third-order valence-corrected chi connectivity index (χ3v) is 5.07. The van der Waals surface area contributed by atoms with E-state index in [-0.39, 0.29) is 17.9 Å². The van der Waals surface area contributed by atoms with Crippen LogP contribution in [-0.4, -0.2) is 66.7 Å². The molecular weight excluding hydrogens is 366 g/mol. The largest absolute Gasteiger partial charge is 0.444 e. The number of nitrogens with one attached hydrogen (secondary N) is 1. The standard InChI is InChI=1S/C23H37N3O3/c1-5-10-20(19-11-7-6-8-12-19)21(27)24-13-9-14-25-15-17-26(18-16-25)22(28)29-23(2,3)4/h6-8,11-12,20H,5,9-10,13-18H2,1-4H3,(H,24,27). The molecular formula is C23H37N3O3. The van der Waals surface area contributed by atoms with Crippen LogP contribution in [0.3, 0.4) is 0 Å². The topological polar surface area (TPSA) is 61.9 Å². The lowest BCUT2D eigenvalue weighted by Gasteiger charge is -2.35. The molecule has 29 heavy (non-hydrogen) atoms. The minimum atomic E-state index is -0.457. The Hall–Kier alpha value is -2.08. The molecule has 1 atom stereocenters. The Labute approximate surface area is 175 Å². The second-order valence-corrected chi connectivity index (χ2v) is 8.71. The molecule has 162 valence electrons. The minimum absolute atomic E-state index is 0.0708. The Kier molecular flexibility index (Phi) is 8.96. The van der Waals surface area contributed by atoms with Gasteiger partial charge in [-0.05, 0) is 45.7 Å². The van der Waals surface area contributed by atoms with Crippen LogP contribution < -0.4 is 5.32 Å². The summed E-state index contributed by atoms with van der Waals surface area (Å²) in [4.78, 5) is 28.9. The normalized spacial score (nSPS) is 16.3. The number of carbonyl (C=O) groups excluding carboxylic acids is 2. The summed E-state index contributed by atoms with van der Waals surface area (Å²) in [6.07, 6.45) is 2.52. The first-order valence-electron chi connectivity index (χ1n) is 10.8. The fourth-order valence-electron chi connectivity index (χ4n) is 3.54. The van der Waals surface area contributed by atoms with Gasteiger partial charge in [0.05, 0.1) is 5.92 Å². The van der Waals surface area contributed by atoms with E-state index in [2.05, 4.69) is 17.1 Å². The molecule has 1 aromatic rings. The molecule has 1 aliphatic heterocycles. The van der Waals surface area contributed by atoms with Crippen molar-refractivity contribution in [3.8, 4) is 0 Å². The molecule has 0 bridgehead atoms. The summed E-state index contributed by atoms with van der Waals surface area (Å²) in [5.41, 5.74) is 0.632. The zero-order valence-electron chi connectivity index (χ0n) is 18.4. The number of amides is 2. The van der Waals surface area contributed by atoms with Crippen molar-refractivity contribution in [1.29, 1.82) is 0 Å². The van der Waals surface area contributed by atoms with E-state index >= 15 is 0 Å². The van der Waals surface area contributed by atoms with Crippen molar-refractivity contribution in [2.45, 2.75) is 58.5 Å². The third kappa shape index (κ3) is 8.05. The average molecular weight is 404 g/mol. The highest BCUT2D eigenvalue weighted by atomic mass is 16.6. The van der Waals surface area contributed by atoms with Crippen LogP contribution in [0.1, 0.15) is 58.4 Å². The molecule has 1 fully saturated rings. The molecule has 2 amide bonds. The number of piperazine rings is 1. The molecule has 1 aliphatic rings. The summed E-state index contributed by atoms with van der Waals surface area (Å²) in [5, 5.41) is 3.11. The molecule has 0 aliphatic carbocycles. The van der Waals surface area contributed by atoms with E-state index in [1.165, 1.54) is 0 Å². The van der Waals surface area contributed by atoms with Crippen LogP contribution in [0.25, 0.3) is 0 Å². The smallest absolute Gasteiger partial charge is 0.410 e. The molecule has 0 aromatic heterocycles. The van der Waals surface area contributed by atoms with E-state index in [1.807, 2.05) is 51.1 Å². The van der Waals surface area contributed by atoms with Crippen molar-refractivity contribution < 1.29 is 14.3 Å². The van der Waals surface area contributed by atoms with Gasteiger partial charge in [-0.3, -0.25) is 9.69 Å². The molecule has 0 spiro atoms. The van der Waals surface area contributed by atoms with Gasteiger partial charge in [-0.25, -0.2) is 4.79 Å². The zero-order chi connectivity index (χ0) is 21.3. The van der Waals surface area contributed by atoms with Gasteiger partial charge in [0.15, 0.2) is 0 Å². The predicted octanol–water partition coefficient (Wildman–Crippen LogP) is 3.63. The SMILES string of the molecule is CCCC(C(=O)NCCCN1CCN(C(=O)OC(C)(C)C)CC1)c1ccccc1. The highest BCUT2D eigenvalue weighted by Gasteiger charge is 2.25. The second kappa shape index (κ2) is 11.2. The molecule has 0 saturated carbocycles. The van der Waals surface area contributed by atoms with Crippen LogP contribution in [-0.2, 0) is 9.53 Å². The highest BCUT2D eigenvalue weighted by Crippen LogP contribution is 2.21. The lowest BCUT2D eigenvalue weighted by Crippen LogP contribution is -2.50. The maximum atomic E-state index is 12.6. The van der Waals surface area contributed by atoms with Crippen molar-refractivity contribution in [3.05, 3.63) is 35.9 Å². The third-order valence-electron chi connectivity index (χ3n) is 5.07. The van der Waals surface area contributed by atoms with Gasteiger partial charge in [0, 0.05) is 32.7 Å². The van der Waals surface area contributed by atoms with Gasteiger partial charge in [0.1, 0.15) is 5.60 Å². The Balaban J connectivity index is 1.68. The number of rotatable bonds is 8. The number of ether oxygens (including phenoxy) is 1. The van der Waals surface area contributed by atoms with Gasteiger partial charge in [-0.2, -0.15) is 0 Å². The first-order valence-corrected chi connectivity index (χ1v) is 10.8. The summed E-state index contributed by atoms with van der Waals surface area (Å²) in [7, 11) is 0. The molecule has 1 heterocycles.